The van der Waals surface area contributed by atoms with Gasteiger partial charge in [-0.3, -0.25) is 4.79 Å². The van der Waals surface area contributed by atoms with Crippen LogP contribution in [0.3, 0.4) is 0 Å². The molecule has 0 aliphatic heterocycles. The van der Waals surface area contributed by atoms with E-state index in [9.17, 15) is 9.59 Å². The number of benzene rings is 2. The number of nitrogens with one attached hydrogen (secondary N) is 1. The van der Waals surface area contributed by atoms with Gasteiger partial charge in [0.1, 0.15) is 11.7 Å². The van der Waals surface area contributed by atoms with Gasteiger partial charge in [0.15, 0.2) is 6.61 Å². The number of nitriles is 1. The molecule has 25 heavy (non-hydrogen) atoms. The molecule has 0 atom stereocenters. The second kappa shape index (κ2) is 7.07. The van der Waals surface area contributed by atoms with Crippen LogP contribution < -0.4 is 5.32 Å². The van der Waals surface area contributed by atoms with Crippen LogP contribution in [0.1, 0.15) is 16.1 Å². The topological polar surface area (TPSA) is 92.3 Å². The number of carbonyl (C=O) groups is 2. The zero-order chi connectivity index (χ0) is 17.8. The molecule has 0 fully saturated rings. The lowest BCUT2D eigenvalue weighted by atomic mass is 10.2. The third kappa shape index (κ3) is 3.79. The molecule has 0 spiro atoms. The Morgan fingerprint density at radius 2 is 2.00 bits per heavy atom. The Labute approximate surface area is 147 Å². The van der Waals surface area contributed by atoms with Gasteiger partial charge in [0.2, 0.25) is 5.76 Å². The molecule has 0 bridgehead atoms. The number of carbonyl (C=O) groups excluding carboxylic acids is 2. The monoisotopic (exact) mass is 354 g/mol. The molecule has 1 aromatic heterocycles. The second-order valence-electron chi connectivity index (χ2n) is 5.07. The summed E-state index contributed by atoms with van der Waals surface area (Å²) < 4.78 is 10.3. The van der Waals surface area contributed by atoms with Crippen molar-refractivity contribution in [2.45, 2.75) is 0 Å². The maximum Gasteiger partial charge on any atom is 0.374 e. The van der Waals surface area contributed by atoms with E-state index in [-0.39, 0.29) is 17.0 Å². The number of esters is 1. The van der Waals surface area contributed by atoms with E-state index in [4.69, 9.17) is 26.0 Å². The van der Waals surface area contributed by atoms with Crippen LogP contribution in [0, 0.1) is 11.3 Å². The van der Waals surface area contributed by atoms with Crippen LogP contribution in [0.4, 0.5) is 5.69 Å². The van der Waals surface area contributed by atoms with E-state index in [1.54, 1.807) is 24.3 Å². The molecule has 6 nitrogen and oxygen atoms in total. The number of anilines is 1. The maximum atomic E-state index is 12.0. The van der Waals surface area contributed by atoms with Gasteiger partial charge in [0, 0.05) is 10.4 Å². The van der Waals surface area contributed by atoms with E-state index in [1.165, 1.54) is 18.2 Å². The van der Waals surface area contributed by atoms with Crippen molar-refractivity contribution in [2.75, 3.05) is 11.9 Å². The lowest BCUT2D eigenvalue weighted by molar-refractivity contribution is -0.119. The molecule has 2 aromatic carbocycles. The van der Waals surface area contributed by atoms with E-state index in [1.807, 2.05) is 12.1 Å². The van der Waals surface area contributed by atoms with Gasteiger partial charge >= 0.3 is 5.97 Å². The SMILES string of the molecule is N#Cc1ccc(Cl)cc1NC(=O)COC(=O)c1cc2ccccc2o1. The summed E-state index contributed by atoms with van der Waals surface area (Å²) in [4.78, 5) is 23.9. The Balaban J connectivity index is 1.63. The van der Waals surface area contributed by atoms with Crippen molar-refractivity contribution in [1.29, 1.82) is 5.26 Å². The fraction of sp³-hybridized carbons (Fsp3) is 0.0556. The van der Waals surface area contributed by atoms with Gasteiger partial charge in [-0.2, -0.15) is 5.26 Å². The van der Waals surface area contributed by atoms with Crippen molar-refractivity contribution in [3.8, 4) is 6.07 Å². The van der Waals surface area contributed by atoms with Gasteiger partial charge in [-0.05, 0) is 30.3 Å². The lowest BCUT2D eigenvalue weighted by Crippen LogP contribution is -2.21. The highest BCUT2D eigenvalue weighted by Gasteiger charge is 2.16. The van der Waals surface area contributed by atoms with E-state index in [0.29, 0.717) is 10.6 Å². The highest BCUT2D eigenvalue weighted by atomic mass is 35.5. The molecule has 3 aromatic rings. The number of rotatable bonds is 4. The van der Waals surface area contributed by atoms with Gasteiger partial charge < -0.3 is 14.5 Å². The first-order valence-electron chi connectivity index (χ1n) is 7.22. The minimum atomic E-state index is -0.752. The second-order valence-corrected chi connectivity index (χ2v) is 5.51. The van der Waals surface area contributed by atoms with Gasteiger partial charge in [-0.25, -0.2) is 4.79 Å². The first-order valence-corrected chi connectivity index (χ1v) is 7.60. The highest BCUT2D eigenvalue weighted by molar-refractivity contribution is 6.31. The summed E-state index contributed by atoms with van der Waals surface area (Å²) in [5.74, 6) is -1.34. The molecule has 0 saturated heterocycles. The molecular formula is C18H11ClN2O4. The van der Waals surface area contributed by atoms with E-state index in [0.717, 1.165) is 5.39 Å². The number of furan rings is 1. The zero-order valence-electron chi connectivity index (χ0n) is 12.8. The first-order chi connectivity index (χ1) is 12.1. The summed E-state index contributed by atoms with van der Waals surface area (Å²) in [5.41, 5.74) is 1.05. The van der Waals surface area contributed by atoms with Crippen LogP contribution in [-0.4, -0.2) is 18.5 Å². The summed E-state index contributed by atoms with van der Waals surface area (Å²) in [6.07, 6.45) is 0. The summed E-state index contributed by atoms with van der Waals surface area (Å²) in [5, 5.41) is 12.6. The average Bonchev–Trinajstić information content (AvgIpc) is 3.04. The summed E-state index contributed by atoms with van der Waals surface area (Å²) in [6.45, 7) is -0.521. The molecule has 0 radical (unpaired) electrons. The Hall–Kier alpha value is -3.30. The highest BCUT2D eigenvalue weighted by Crippen LogP contribution is 2.21. The van der Waals surface area contributed by atoms with Crippen molar-refractivity contribution in [3.63, 3.8) is 0 Å². The van der Waals surface area contributed by atoms with Gasteiger partial charge in [0.25, 0.3) is 5.91 Å². The van der Waals surface area contributed by atoms with Gasteiger partial charge in [-0.1, -0.05) is 29.8 Å². The molecule has 124 valence electrons. The number of hydrogen-bond donors (Lipinski definition) is 1. The molecule has 1 N–H and O–H groups in total. The Bertz CT molecular complexity index is 971. The van der Waals surface area contributed by atoms with Gasteiger partial charge in [0.05, 0.1) is 11.3 Å². The molecule has 0 aliphatic rings. The standard InChI is InChI=1S/C18H11ClN2O4/c19-13-6-5-12(9-20)14(8-13)21-17(22)10-24-18(23)16-7-11-3-1-2-4-15(11)25-16/h1-8H,10H2,(H,21,22). The summed E-state index contributed by atoms with van der Waals surface area (Å²) >= 11 is 5.84. The fourth-order valence-electron chi connectivity index (χ4n) is 2.19. The van der Waals surface area contributed by atoms with Crippen molar-refractivity contribution >= 4 is 40.1 Å². The largest absolute Gasteiger partial charge is 0.450 e. The molecule has 1 amide bonds. The van der Waals surface area contributed by atoms with Crippen molar-refractivity contribution < 1.29 is 18.7 Å². The third-order valence-electron chi connectivity index (χ3n) is 3.34. The van der Waals surface area contributed by atoms with Crippen LogP contribution in [0.15, 0.2) is 52.9 Å². The van der Waals surface area contributed by atoms with Crippen molar-refractivity contribution in [3.05, 3.63) is 64.9 Å². The van der Waals surface area contributed by atoms with Crippen LogP contribution in [0.5, 0.6) is 0 Å². The first kappa shape index (κ1) is 16.6. The predicted molar refractivity (Wildman–Crippen MR) is 91.3 cm³/mol. The normalized spacial score (nSPS) is 10.2. The minimum absolute atomic E-state index is 0.00877. The number of amides is 1. The van der Waals surface area contributed by atoms with Crippen molar-refractivity contribution in [2.24, 2.45) is 0 Å². The number of nitrogens with zero attached hydrogens (tertiary/aromatic N) is 1. The van der Waals surface area contributed by atoms with E-state index >= 15 is 0 Å². The van der Waals surface area contributed by atoms with E-state index in [2.05, 4.69) is 5.32 Å². The van der Waals surface area contributed by atoms with Crippen LogP contribution >= 0.6 is 11.6 Å². The molecule has 7 heteroatoms. The summed E-state index contributed by atoms with van der Waals surface area (Å²) in [7, 11) is 0. The minimum Gasteiger partial charge on any atom is -0.450 e. The van der Waals surface area contributed by atoms with Crippen molar-refractivity contribution in [1.82, 2.24) is 0 Å². The number of para-hydroxylation sites is 1. The molecule has 1 heterocycles. The Kier molecular flexibility index (Phi) is 4.68. The Morgan fingerprint density at radius 1 is 1.20 bits per heavy atom. The number of fused-ring (bicyclic) bond motifs is 1. The molecule has 0 aliphatic carbocycles. The predicted octanol–water partition coefficient (Wildman–Crippen LogP) is 3.75. The lowest BCUT2D eigenvalue weighted by Gasteiger charge is -2.07. The van der Waals surface area contributed by atoms with Crippen LogP contribution in [0.2, 0.25) is 5.02 Å². The van der Waals surface area contributed by atoms with E-state index < -0.39 is 18.5 Å². The number of hydrogen-bond acceptors (Lipinski definition) is 5. The fourth-order valence-corrected chi connectivity index (χ4v) is 2.36. The molecule has 3 rings (SSSR count). The van der Waals surface area contributed by atoms with Crippen LogP contribution in [0.25, 0.3) is 11.0 Å². The third-order valence-corrected chi connectivity index (χ3v) is 3.57. The molecular weight excluding hydrogens is 344 g/mol. The van der Waals surface area contributed by atoms with Crippen LogP contribution in [-0.2, 0) is 9.53 Å². The number of halogens is 1. The quantitative estimate of drug-likeness (QED) is 0.720. The maximum absolute atomic E-state index is 12.0. The average molecular weight is 355 g/mol. The molecule has 0 unspecified atom stereocenters. The number of ether oxygens (including phenoxy) is 1. The smallest absolute Gasteiger partial charge is 0.374 e. The summed E-state index contributed by atoms with van der Waals surface area (Å²) in [6, 6.07) is 15.1. The molecule has 0 saturated carbocycles. The zero-order valence-corrected chi connectivity index (χ0v) is 13.5. The van der Waals surface area contributed by atoms with Gasteiger partial charge in [-0.15, -0.1) is 0 Å². The Morgan fingerprint density at radius 3 is 2.76 bits per heavy atom.